The van der Waals surface area contributed by atoms with Crippen LogP contribution in [0.2, 0.25) is 0 Å². The first kappa shape index (κ1) is 20.2. The fourth-order valence-electron chi connectivity index (χ4n) is 3.45. The molecule has 0 bridgehead atoms. The van der Waals surface area contributed by atoms with Crippen LogP contribution in [0.5, 0.6) is 11.5 Å². The van der Waals surface area contributed by atoms with Crippen molar-refractivity contribution in [3.8, 4) is 11.5 Å². The van der Waals surface area contributed by atoms with Crippen LogP contribution in [0.15, 0.2) is 47.4 Å². The minimum atomic E-state index is -3.67. The van der Waals surface area contributed by atoms with Gasteiger partial charge in [-0.05, 0) is 23.3 Å². The lowest BCUT2D eigenvalue weighted by Crippen LogP contribution is -2.36. The average Bonchev–Trinajstić information content (AvgIpc) is 2.99. The zero-order valence-electron chi connectivity index (χ0n) is 16.3. The molecule has 1 N–H and O–H groups in total. The number of ether oxygens (including phenoxy) is 3. The molecule has 2 aliphatic heterocycles. The van der Waals surface area contributed by atoms with E-state index < -0.39 is 10.0 Å². The Morgan fingerprint density at radius 1 is 0.897 bits per heavy atom. The van der Waals surface area contributed by atoms with Crippen LogP contribution in [-0.4, -0.2) is 52.8 Å². The summed E-state index contributed by atoms with van der Waals surface area (Å²) in [6.07, 6.45) is 0.773. The van der Waals surface area contributed by atoms with E-state index in [1.165, 1.54) is 6.07 Å². The summed E-state index contributed by atoms with van der Waals surface area (Å²) in [7, 11) is -3.67. The molecule has 1 fully saturated rings. The Morgan fingerprint density at radius 2 is 1.62 bits per heavy atom. The molecule has 7 nitrogen and oxygen atoms in total. The van der Waals surface area contributed by atoms with Gasteiger partial charge in [-0.15, -0.1) is 0 Å². The number of nitrogens with one attached hydrogen (secondary N) is 1. The molecule has 0 unspecified atom stereocenters. The van der Waals surface area contributed by atoms with E-state index in [9.17, 15) is 8.42 Å². The summed E-state index contributed by atoms with van der Waals surface area (Å²) in [5, 5.41) is 0. The fraction of sp³-hybridized carbons (Fsp3) is 0.429. The number of rotatable bonds is 6. The molecular formula is C21H26N2O5S. The highest BCUT2D eigenvalue weighted by atomic mass is 32.2. The molecule has 1 saturated heterocycles. The smallest absolute Gasteiger partial charge is 0.241 e. The second kappa shape index (κ2) is 9.13. The van der Waals surface area contributed by atoms with Gasteiger partial charge in [0.25, 0.3) is 0 Å². The van der Waals surface area contributed by atoms with Gasteiger partial charge in [0.15, 0.2) is 11.5 Å². The molecule has 0 spiro atoms. The van der Waals surface area contributed by atoms with Crippen LogP contribution in [-0.2, 0) is 27.8 Å². The van der Waals surface area contributed by atoms with Gasteiger partial charge in [-0.2, -0.15) is 0 Å². The summed E-state index contributed by atoms with van der Waals surface area (Å²) < 4.78 is 45.0. The van der Waals surface area contributed by atoms with E-state index in [0.29, 0.717) is 24.7 Å². The van der Waals surface area contributed by atoms with Gasteiger partial charge in [-0.25, -0.2) is 13.1 Å². The van der Waals surface area contributed by atoms with Crippen LogP contribution in [0.4, 0.5) is 0 Å². The zero-order chi connectivity index (χ0) is 20.1. The van der Waals surface area contributed by atoms with Gasteiger partial charge in [0.05, 0.1) is 31.3 Å². The molecule has 29 heavy (non-hydrogen) atoms. The van der Waals surface area contributed by atoms with Crippen molar-refractivity contribution < 1.29 is 22.6 Å². The van der Waals surface area contributed by atoms with E-state index in [-0.39, 0.29) is 11.4 Å². The van der Waals surface area contributed by atoms with Gasteiger partial charge in [0.2, 0.25) is 10.0 Å². The molecule has 0 radical (unpaired) electrons. The van der Waals surface area contributed by atoms with Crippen LogP contribution in [0.1, 0.15) is 17.5 Å². The SMILES string of the molecule is O=S(=O)(NCc1ccccc1CN1CCOCC1)c1ccc2c(c1)OCCCO2. The largest absolute Gasteiger partial charge is 0.490 e. The fourth-order valence-corrected chi connectivity index (χ4v) is 4.47. The first-order valence-electron chi connectivity index (χ1n) is 9.88. The molecule has 4 rings (SSSR count). The number of hydrogen-bond donors (Lipinski definition) is 1. The van der Waals surface area contributed by atoms with E-state index in [0.717, 1.165) is 50.4 Å². The molecule has 2 aromatic rings. The van der Waals surface area contributed by atoms with Crippen LogP contribution in [0.25, 0.3) is 0 Å². The normalized spacial score (nSPS) is 17.7. The molecule has 156 valence electrons. The molecule has 0 atom stereocenters. The Labute approximate surface area is 171 Å². The van der Waals surface area contributed by atoms with Crippen LogP contribution in [0, 0.1) is 0 Å². The first-order chi connectivity index (χ1) is 14.1. The highest BCUT2D eigenvalue weighted by Gasteiger charge is 2.19. The van der Waals surface area contributed by atoms with Crippen LogP contribution in [0.3, 0.4) is 0 Å². The molecule has 0 amide bonds. The molecule has 0 aromatic heterocycles. The van der Waals surface area contributed by atoms with Crippen molar-refractivity contribution in [1.29, 1.82) is 0 Å². The average molecular weight is 419 g/mol. The summed E-state index contributed by atoms with van der Waals surface area (Å²) in [6, 6.07) is 12.7. The number of benzene rings is 2. The topological polar surface area (TPSA) is 77.1 Å². The third-order valence-electron chi connectivity index (χ3n) is 5.10. The predicted molar refractivity (Wildman–Crippen MR) is 109 cm³/mol. The number of hydrogen-bond acceptors (Lipinski definition) is 6. The highest BCUT2D eigenvalue weighted by Crippen LogP contribution is 2.31. The number of morpholine rings is 1. The minimum absolute atomic E-state index is 0.174. The molecule has 0 aliphatic carbocycles. The van der Waals surface area contributed by atoms with Crippen molar-refractivity contribution in [2.45, 2.75) is 24.4 Å². The maximum Gasteiger partial charge on any atom is 0.241 e. The molecule has 8 heteroatoms. The maximum absolute atomic E-state index is 12.8. The minimum Gasteiger partial charge on any atom is -0.490 e. The lowest BCUT2D eigenvalue weighted by Gasteiger charge is -2.27. The van der Waals surface area contributed by atoms with Crippen molar-refractivity contribution in [2.75, 3.05) is 39.5 Å². The Balaban J connectivity index is 1.46. The van der Waals surface area contributed by atoms with E-state index >= 15 is 0 Å². The van der Waals surface area contributed by atoms with Gasteiger partial charge in [0.1, 0.15) is 0 Å². The Kier molecular flexibility index (Phi) is 6.34. The van der Waals surface area contributed by atoms with Crippen molar-refractivity contribution in [3.05, 3.63) is 53.6 Å². The molecule has 2 aliphatic rings. The summed E-state index contributed by atoms with van der Waals surface area (Å²) in [6.45, 7) is 5.34. The molecule has 2 aromatic carbocycles. The lowest BCUT2D eigenvalue weighted by molar-refractivity contribution is 0.0341. The van der Waals surface area contributed by atoms with Crippen LogP contribution >= 0.6 is 0 Å². The van der Waals surface area contributed by atoms with Crippen molar-refractivity contribution >= 4 is 10.0 Å². The Morgan fingerprint density at radius 3 is 2.41 bits per heavy atom. The van der Waals surface area contributed by atoms with Crippen molar-refractivity contribution in [3.63, 3.8) is 0 Å². The molecule has 2 heterocycles. The van der Waals surface area contributed by atoms with Gasteiger partial charge < -0.3 is 14.2 Å². The lowest BCUT2D eigenvalue weighted by atomic mass is 10.1. The summed E-state index contributed by atoms with van der Waals surface area (Å²) in [4.78, 5) is 2.49. The second-order valence-corrected chi connectivity index (χ2v) is 8.91. The third kappa shape index (κ3) is 5.08. The predicted octanol–water partition coefficient (Wildman–Crippen LogP) is 2.16. The number of fused-ring (bicyclic) bond motifs is 1. The van der Waals surface area contributed by atoms with Gasteiger partial charge in [-0.1, -0.05) is 24.3 Å². The monoisotopic (exact) mass is 418 g/mol. The van der Waals surface area contributed by atoms with Crippen molar-refractivity contribution in [1.82, 2.24) is 9.62 Å². The van der Waals surface area contributed by atoms with Crippen molar-refractivity contribution in [2.24, 2.45) is 0 Å². The second-order valence-electron chi connectivity index (χ2n) is 7.14. The highest BCUT2D eigenvalue weighted by molar-refractivity contribution is 7.89. The van der Waals surface area contributed by atoms with E-state index in [2.05, 4.69) is 9.62 Å². The first-order valence-corrected chi connectivity index (χ1v) is 11.4. The summed E-state index contributed by atoms with van der Waals surface area (Å²) in [5.74, 6) is 1.05. The maximum atomic E-state index is 12.8. The zero-order valence-corrected chi connectivity index (χ0v) is 17.1. The number of nitrogens with zero attached hydrogens (tertiary/aromatic N) is 1. The van der Waals surface area contributed by atoms with Gasteiger partial charge >= 0.3 is 0 Å². The standard InChI is InChI=1S/C21H26N2O5S/c24-29(25,19-6-7-20-21(14-19)28-11-3-10-27-20)22-15-17-4-1-2-5-18(17)16-23-8-12-26-13-9-23/h1-2,4-7,14,22H,3,8-13,15-16H2. The number of sulfonamides is 1. The quantitative estimate of drug-likeness (QED) is 0.775. The Hall–Kier alpha value is -2.13. The Bertz CT molecular complexity index is 942. The molecule has 0 saturated carbocycles. The summed E-state index contributed by atoms with van der Waals surface area (Å²) in [5.41, 5.74) is 2.09. The summed E-state index contributed by atoms with van der Waals surface area (Å²) >= 11 is 0. The van der Waals surface area contributed by atoms with Gasteiger partial charge in [-0.3, -0.25) is 4.90 Å². The third-order valence-corrected chi connectivity index (χ3v) is 6.50. The molecular weight excluding hydrogens is 392 g/mol. The van der Waals surface area contributed by atoms with Gasteiger partial charge in [0, 0.05) is 38.7 Å². The van der Waals surface area contributed by atoms with Crippen LogP contribution < -0.4 is 14.2 Å². The van der Waals surface area contributed by atoms with E-state index in [4.69, 9.17) is 14.2 Å². The van der Waals surface area contributed by atoms with E-state index in [1.807, 2.05) is 24.3 Å². The van der Waals surface area contributed by atoms with E-state index in [1.54, 1.807) is 12.1 Å².